The van der Waals surface area contributed by atoms with Gasteiger partial charge in [-0.25, -0.2) is 9.78 Å². The largest absolute Gasteiger partial charge is 0.335 e. The van der Waals surface area contributed by atoms with E-state index in [1.807, 2.05) is 12.1 Å². The van der Waals surface area contributed by atoms with E-state index in [2.05, 4.69) is 20.9 Å². The molecule has 0 unspecified atom stereocenters. The van der Waals surface area contributed by atoms with Crippen LogP contribution in [0.1, 0.15) is 21.6 Å². The lowest BCUT2D eigenvalue weighted by Crippen LogP contribution is -2.48. The first kappa shape index (κ1) is 19.5. The average Bonchev–Trinajstić information content (AvgIpc) is 2.78. The van der Waals surface area contributed by atoms with Crippen LogP contribution in [0.4, 0.5) is 0 Å². The summed E-state index contributed by atoms with van der Waals surface area (Å²) in [7, 11) is 1.50. The lowest BCUT2D eigenvalue weighted by atomic mass is 10.1. The highest BCUT2D eigenvalue weighted by Gasteiger charge is 2.23. The summed E-state index contributed by atoms with van der Waals surface area (Å²) in [6.45, 7) is 3.31. The molecule has 1 aliphatic heterocycles. The SMILES string of the molecule is Cn1c(=O)[nH]c(=O)c2ccc(C(=O)N3CCN(Cc4ccc(C#N)cc4)CC3)nc21. The summed E-state index contributed by atoms with van der Waals surface area (Å²) in [4.78, 5) is 47.1. The zero-order valence-electron chi connectivity index (χ0n) is 16.5. The second-order valence-electron chi connectivity index (χ2n) is 7.26. The van der Waals surface area contributed by atoms with Gasteiger partial charge >= 0.3 is 5.69 Å². The third kappa shape index (κ3) is 3.73. The molecule has 1 fully saturated rings. The Morgan fingerprint density at radius 2 is 1.80 bits per heavy atom. The van der Waals surface area contributed by atoms with Gasteiger partial charge in [0.1, 0.15) is 11.3 Å². The van der Waals surface area contributed by atoms with Crippen molar-refractivity contribution in [3.05, 3.63) is 74.1 Å². The molecular formula is C21H20N6O3. The number of hydrogen-bond donors (Lipinski definition) is 1. The lowest BCUT2D eigenvalue weighted by molar-refractivity contribution is 0.0623. The summed E-state index contributed by atoms with van der Waals surface area (Å²) >= 11 is 0. The maximum absolute atomic E-state index is 12.9. The van der Waals surface area contributed by atoms with Crippen LogP contribution in [-0.2, 0) is 13.6 Å². The highest BCUT2D eigenvalue weighted by atomic mass is 16.2. The molecule has 9 nitrogen and oxygen atoms in total. The monoisotopic (exact) mass is 404 g/mol. The number of hydrogen-bond acceptors (Lipinski definition) is 6. The Kier molecular flexibility index (Phi) is 5.16. The fourth-order valence-electron chi connectivity index (χ4n) is 3.56. The van der Waals surface area contributed by atoms with Crippen molar-refractivity contribution in [2.75, 3.05) is 26.2 Å². The van der Waals surface area contributed by atoms with E-state index in [-0.39, 0.29) is 22.6 Å². The first-order valence-corrected chi connectivity index (χ1v) is 9.57. The van der Waals surface area contributed by atoms with Gasteiger partial charge in [0.05, 0.1) is 17.0 Å². The molecule has 0 bridgehead atoms. The van der Waals surface area contributed by atoms with E-state index in [0.717, 1.165) is 25.2 Å². The number of nitriles is 1. The molecule has 0 atom stereocenters. The van der Waals surface area contributed by atoms with Crippen molar-refractivity contribution in [2.45, 2.75) is 6.54 Å². The van der Waals surface area contributed by atoms with Gasteiger partial charge in [-0.15, -0.1) is 0 Å². The molecule has 0 aliphatic carbocycles. The number of aryl methyl sites for hydroxylation is 1. The maximum Gasteiger partial charge on any atom is 0.329 e. The minimum atomic E-state index is -0.569. The van der Waals surface area contributed by atoms with Gasteiger partial charge in [0.2, 0.25) is 0 Å². The number of aromatic nitrogens is 3. The number of nitrogens with zero attached hydrogens (tertiary/aromatic N) is 5. The summed E-state index contributed by atoms with van der Waals surface area (Å²) in [6, 6.07) is 12.7. The average molecular weight is 404 g/mol. The number of carbonyl (C=O) groups is 1. The van der Waals surface area contributed by atoms with Gasteiger partial charge in [-0.2, -0.15) is 5.26 Å². The second kappa shape index (κ2) is 7.93. The number of fused-ring (bicyclic) bond motifs is 1. The summed E-state index contributed by atoms with van der Waals surface area (Å²) in [5.74, 6) is -0.220. The van der Waals surface area contributed by atoms with Crippen LogP contribution >= 0.6 is 0 Å². The van der Waals surface area contributed by atoms with Gasteiger partial charge in [-0.1, -0.05) is 12.1 Å². The molecular weight excluding hydrogens is 384 g/mol. The smallest absolute Gasteiger partial charge is 0.329 e. The second-order valence-corrected chi connectivity index (χ2v) is 7.26. The van der Waals surface area contributed by atoms with Crippen molar-refractivity contribution in [2.24, 2.45) is 7.05 Å². The van der Waals surface area contributed by atoms with Gasteiger partial charge in [-0.05, 0) is 29.8 Å². The Morgan fingerprint density at radius 1 is 1.10 bits per heavy atom. The number of piperazine rings is 1. The third-order valence-electron chi connectivity index (χ3n) is 5.33. The van der Waals surface area contributed by atoms with Gasteiger partial charge in [0, 0.05) is 39.8 Å². The highest BCUT2D eigenvalue weighted by Crippen LogP contribution is 2.13. The standard InChI is InChI=1S/C21H20N6O3/c1-25-18-16(19(28)24-21(25)30)6-7-17(23-18)20(29)27-10-8-26(9-11-27)13-15-4-2-14(12-22)3-5-15/h2-7H,8-11,13H2,1H3,(H,24,28,30). The maximum atomic E-state index is 12.9. The third-order valence-corrected chi connectivity index (χ3v) is 5.33. The van der Waals surface area contributed by atoms with Crippen molar-refractivity contribution in [3.63, 3.8) is 0 Å². The van der Waals surface area contributed by atoms with Crippen molar-refractivity contribution < 1.29 is 4.79 Å². The van der Waals surface area contributed by atoms with Crippen LogP contribution in [-0.4, -0.2) is 56.4 Å². The summed E-state index contributed by atoms with van der Waals surface area (Å²) in [6.07, 6.45) is 0. The van der Waals surface area contributed by atoms with Crippen LogP contribution in [0.3, 0.4) is 0 Å². The first-order valence-electron chi connectivity index (χ1n) is 9.57. The molecule has 1 aliphatic rings. The fourth-order valence-corrected chi connectivity index (χ4v) is 3.56. The van der Waals surface area contributed by atoms with Gasteiger partial charge < -0.3 is 4.90 Å². The fraction of sp³-hybridized carbons (Fsp3) is 0.286. The molecule has 2 aromatic heterocycles. The van der Waals surface area contributed by atoms with Crippen molar-refractivity contribution in [3.8, 4) is 6.07 Å². The molecule has 0 spiro atoms. The Labute approximate surface area is 171 Å². The quantitative estimate of drug-likeness (QED) is 0.678. The van der Waals surface area contributed by atoms with Crippen LogP contribution in [0.5, 0.6) is 0 Å². The molecule has 9 heteroatoms. The number of benzene rings is 1. The molecule has 1 saturated heterocycles. The Bertz CT molecular complexity index is 1260. The topological polar surface area (TPSA) is 115 Å². The molecule has 0 saturated carbocycles. The van der Waals surface area contributed by atoms with Crippen LogP contribution in [0.2, 0.25) is 0 Å². The number of amides is 1. The Hall–Kier alpha value is -3.77. The number of pyridine rings is 1. The van der Waals surface area contributed by atoms with Crippen molar-refractivity contribution >= 4 is 16.9 Å². The summed E-state index contributed by atoms with van der Waals surface area (Å²) in [5, 5.41) is 9.15. The van der Waals surface area contributed by atoms with Gasteiger partial charge in [0.15, 0.2) is 0 Å². The number of rotatable bonds is 3. The first-order chi connectivity index (χ1) is 14.5. The predicted molar refractivity (Wildman–Crippen MR) is 110 cm³/mol. The van der Waals surface area contributed by atoms with Crippen molar-refractivity contribution in [1.29, 1.82) is 5.26 Å². The van der Waals surface area contributed by atoms with Crippen molar-refractivity contribution in [1.82, 2.24) is 24.3 Å². The van der Waals surface area contributed by atoms with E-state index in [9.17, 15) is 14.4 Å². The van der Waals surface area contributed by atoms with E-state index < -0.39 is 11.2 Å². The number of nitrogens with one attached hydrogen (secondary N) is 1. The van der Waals surface area contributed by atoms with E-state index in [0.29, 0.717) is 18.7 Å². The van der Waals surface area contributed by atoms with E-state index >= 15 is 0 Å². The minimum absolute atomic E-state index is 0.189. The molecule has 3 aromatic rings. The lowest BCUT2D eigenvalue weighted by Gasteiger charge is -2.34. The Morgan fingerprint density at radius 3 is 2.47 bits per heavy atom. The number of H-pyrrole nitrogens is 1. The predicted octanol–water partition coefficient (Wildman–Crippen LogP) is 0.451. The van der Waals surface area contributed by atoms with Gasteiger partial charge in [-0.3, -0.25) is 24.0 Å². The van der Waals surface area contributed by atoms with Crippen LogP contribution in [0.15, 0.2) is 46.0 Å². The van der Waals surface area contributed by atoms with E-state index in [1.54, 1.807) is 17.0 Å². The molecule has 0 radical (unpaired) electrons. The molecule has 3 heterocycles. The zero-order chi connectivity index (χ0) is 21.3. The van der Waals surface area contributed by atoms with Gasteiger partial charge in [0.25, 0.3) is 11.5 Å². The molecule has 1 N–H and O–H groups in total. The van der Waals surface area contributed by atoms with E-state index in [1.165, 1.54) is 23.7 Å². The Balaban J connectivity index is 1.45. The molecule has 1 amide bonds. The van der Waals surface area contributed by atoms with Crippen LogP contribution < -0.4 is 11.2 Å². The molecule has 30 heavy (non-hydrogen) atoms. The summed E-state index contributed by atoms with van der Waals surface area (Å²) < 4.78 is 1.23. The zero-order valence-corrected chi connectivity index (χ0v) is 16.5. The highest BCUT2D eigenvalue weighted by molar-refractivity contribution is 5.94. The molecule has 1 aromatic carbocycles. The number of carbonyl (C=O) groups excluding carboxylic acids is 1. The van der Waals surface area contributed by atoms with Crippen LogP contribution in [0.25, 0.3) is 11.0 Å². The number of aromatic amines is 1. The minimum Gasteiger partial charge on any atom is -0.335 e. The molecule has 4 rings (SSSR count). The normalized spacial score (nSPS) is 14.6. The van der Waals surface area contributed by atoms with E-state index in [4.69, 9.17) is 5.26 Å². The molecule has 152 valence electrons. The van der Waals surface area contributed by atoms with Crippen LogP contribution in [0, 0.1) is 11.3 Å². The summed E-state index contributed by atoms with van der Waals surface area (Å²) in [5.41, 5.74) is 1.07.